The van der Waals surface area contributed by atoms with E-state index in [4.69, 9.17) is 22.0 Å². The van der Waals surface area contributed by atoms with E-state index >= 15 is 0 Å². The number of aliphatic carboxylic acids is 1. The minimum atomic E-state index is -0.750. The second-order valence-electron chi connectivity index (χ2n) is 38.7. The standard InChI is InChI=1S/C13H23Cl.C13H22O.C12H23N.C12H19N.C12H20O2.C12H22O.C11H18O.C4H9O.2CH3.ClH.K.2Li.H3N/c2*1-11(14)12-5-9-13(10-6-12)7-3-2-4-8-13;2*13-10-11-4-8-12(9-5-11)6-2-1-3-7-12;13-11(14)10-4-8-12(9-5-10)6-2-1-3-7-12;1-11(13)7-9-12(10-8-11)5-3-2-4-6-12;12-10-4-8-11(9-5-10)6-2-1-3-7-11;1-4(2,3)5;;;;;;;/h11-12H,2-10H2,1H3;12H,2-10H2,1H3;11H,1-10,13H2;11H,1-9H2;10H,1-9H2,(H,13,14);13H,2-10H2,1H3;1-9H2;1-3H3;2*1H3;1H;;;;1H3/q;;;;;;;3*-1;;3*+1;. The summed E-state index contributed by atoms with van der Waals surface area (Å²) < 4.78 is 0. The molecule has 14 fully saturated rings. The number of alkyl halides is 1. The molecule has 0 saturated heterocycles. The van der Waals surface area contributed by atoms with Gasteiger partial charge in [0, 0.05) is 36.0 Å². The fourth-order valence-electron chi connectivity index (χ4n) is 22.8. The molecule has 14 saturated carbocycles. The van der Waals surface area contributed by atoms with Crippen molar-refractivity contribution in [3.63, 3.8) is 0 Å². The van der Waals surface area contributed by atoms with Gasteiger partial charge in [-0.2, -0.15) is 5.26 Å². The molecular weight excluding hydrogens is 1350 g/mol. The van der Waals surface area contributed by atoms with Crippen LogP contribution < -0.4 is 119 Å². The van der Waals surface area contributed by atoms with Crippen molar-refractivity contribution in [2.24, 2.45) is 67.5 Å². The van der Waals surface area contributed by atoms with Crippen molar-refractivity contribution >= 4 is 29.1 Å². The number of carbonyl (C=O) groups is 3. The van der Waals surface area contributed by atoms with Gasteiger partial charge in [-0.1, -0.05) is 156 Å². The Morgan fingerprint density at radius 1 is 0.476 bits per heavy atom. The minimum Gasteiger partial charge on any atom is -1.00 e. The van der Waals surface area contributed by atoms with E-state index in [1.54, 1.807) is 27.7 Å². The SMILES string of the molecule is CC(=O)C1CCC2(CCCCC2)CC1.CC(C)(C)[O-].CC(Cl)C1CCC2(CCCCC2)CC1.CC1(O)CCC2(CCCCC2)CC1.N.N#CC1CCC2(CCCCC2)CC1.O=C(O)C1CCC2(CCCCC2)CC1.O=C1CCC2(CCCCC2)CC1.[CH3-].[CH3-].[Cl-].[K+].[Li+].[Li+].[NH3+]CC1CCC2(CCCCC2)CC1. The van der Waals surface area contributed by atoms with Crippen LogP contribution in [0.4, 0.5) is 0 Å². The predicted octanol–water partition coefficient (Wildman–Crippen LogP) is 13.3. The Balaban J connectivity index is 0.00000118. The van der Waals surface area contributed by atoms with Crippen LogP contribution in [0.2, 0.25) is 0 Å². The van der Waals surface area contributed by atoms with E-state index in [9.17, 15) is 24.6 Å². The molecule has 9 nitrogen and oxygen atoms in total. The first kappa shape index (κ1) is 107. The van der Waals surface area contributed by atoms with Crippen LogP contribution in [0.1, 0.15) is 446 Å². The van der Waals surface area contributed by atoms with Crippen LogP contribution >= 0.6 is 11.6 Å². The van der Waals surface area contributed by atoms with Crippen LogP contribution in [-0.4, -0.2) is 50.9 Å². The minimum absolute atomic E-state index is 0. The molecule has 0 aromatic rings. The van der Waals surface area contributed by atoms with E-state index in [-0.39, 0.29) is 134 Å². The summed E-state index contributed by atoms with van der Waals surface area (Å²) in [6.07, 6.45) is 85.3. The topological polar surface area (TPSA) is 201 Å². The van der Waals surface area contributed by atoms with Crippen LogP contribution in [0.25, 0.3) is 0 Å². The summed E-state index contributed by atoms with van der Waals surface area (Å²) >= 11 is 6.18. The molecule has 8 N–H and O–H groups in total. The average Bonchev–Trinajstić information content (AvgIpc) is 0.681. The van der Waals surface area contributed by atoms with Crippen molar-refractivity contribution in [2.45, 2.75) is 463 Å². The van der Waals surface area contributed by atoms with Crippen molar-refractivity contribution in [3.8, 4) is 6.07 Å². The number of nitrogens with zero attached hydrogens (tertiary/aromatic N) is 1. The van der Waals surface area contributed by atoms with Gasteiger partial charge in [0.05, 0.1) is 24.1 Å². The van der Waals surface area contributed by atoms with Gasteiger partial charge < -0.3 is 54.5 Å². The molecule has 0 aromatic heterocycles. The van der Waals surface area contributed by atoms with E-state index in [2.05, 4.69) is 18.7 Å². The number of rotatable bonds is 4. The number of carboxylic acids is 1. The van der Waals surface area contributed by atoms with Crippen molar-refractivity contribution in [3.05, 3.63) is 14.9 Å². The smallest absolute Gasteiger partial charge is 1.00 e. The maximum absolute atomic E-state index is 11.3. The first-order valence-corrected chi connectivity index (χ1v) is 43.7. The number of Topliss-reactive ketones (excluding diaryl/α,β-unsaturated/α-hetero) is 2. The summed E-state index contributed by atoms with van der Waals surface area (Å²) in [6, 6.07) is 2.43. The van der Waals surface area contributed by atoms with Crippen LogP contribution in [0, 0.1) is 93.7 Å². The second-order valence-corrected chi connectivity index (χ2v) is 39.4. The quantitative estimate of drug-likeness (QED) is 0.121. The van der Waals surface area contributed by atoms with Gasteiger partial charge in [-0.25, -0.2) is 0 Å². The third kappa shape index (κ3) is 37.6. The maximum Gasteiger partial charge on any atom is 1.00 e. The zero-order valence-electron chi connectivity index (χ0n) is 71.4. The summed E-state index contributed by atoms with van der Waals surface area (Å²) in [4.78, 5) is 33.2. The number of hydrogen-bond acceptors (Lipinski definition) is 7. The number of halogens is 2. The molecular formula is C91H166Cl2KLi2N3O6. The molecule has 1 atom stereocenters. The van der Waals surface area contributed by atoms with Crippen molar-refractivity contribution in [1.82, 2.24) is 6.15 Å². The largest absolute Gasteiger partial charge is 1.00 e. The molecule has 0 aliphatic heterocycles. The van der Waals surface area contributed by atoms with Crippen molar-refractivity contribution in [2.75, 3.05) is 6.54 Å². The van der Waals surface area contributed by atoms with Crippen LogP contribution in [0.3, 0.4) is 0 Å². The number of aliphatic hydroxyl groups is 1. The molecule has 14 rings (SSSR count). The summed E-state index contributed by atoms with van der Waals surface area (Å²) in [5.41, 5.74) is 7.71. The fourth-order valence-corrected chi connectivity index (χ4v) is 23.0. The van der Waals surface area contributed by atoms with E-state index < -0.39 is 11.6 Å². The van der Waals surface area contributed by atoms with Gasteiger partial charge in [0.2, 0.25) is 0 Å². The van der Waals surface area contributed by atoms with E-state index in [1.165, 1.54) is 373 Å². The molecule has 105 heavy (non-hydrogen) atoms. The summed E-state index contributed by atoms with van der Waals surface area (Å²) in [5, 5.41) is 38.1. The van der Waals surface area contributed by atoms with Crippen molar-refractivity contribution in [1.29, 1.82) is 5.26 Å². The Bertz CT molecular complexity index is 2210. The van der Waals surface area contributed by atoms with E-state index in [0.29, 0.717) is 55.9 Å². The molecule has 0 amide bonds. The number of ketones is 2. The number of carboxylic acid groups (broad SMARTS) is 1. The summed E-state index contributed by atoms with van der Waals surface area (Å²) in [7, 11) is 0. The van der Waals surface area contributed by atoms with E-state index in [0.717, 1.165) is 61.2 Å². The van der Waals surface area contributed by atoms with Gasteiger partial charge in [0.15, 0.2) is 0 Å². The molecule has 0 bridgehead atoms. The second kappa shape index (κ2) is 53.0. The molecule has 0 heterocycles. The number of nitriles is 1. The summed E-state index contributed by atoms with van der Waals surface area (Å²) in [6.45, 7) is 12.0. The average molecular weight is 1520 g/mol. The Hall–Kier alpha value is 1.55. The number of quaternary nitrogens is 1. The third-order valence-electron chi connectivity index (χ3n) is 30.2. The Labute approximate surface area is 727 Å². The van der Waals surface area contributed by atoms with Crippen LogP contribution in [0.15, 0.2) is 0 Å². The van der Waals surface area contributed by atoms with Gasteiger partial charge in [0.25, 0.3) is 0 Å². The van der Waals surface area contributed by atoms with Gasteiger partial charge in [-0.05, 0) is 321 Å². The first-order chi connectivity index (χ1) is 46.8. The Morgan fingerprint density at radius 2 is 0.714 bits per heavy atom. The van der Waals surface area contributed by atoms with Crippen LogP contribution in [0.5, 0.6) is 0 Å². The molecule has 14 aliphatic carbocycles. The Kier molecular flexibility index (Phi) is 53.8. The normalized spacial score (nSPS) is 29.4. The van der Waals surface area contributed by atoms with Gasteiger partial charge in [-0.15, -0.1) is 17.2 Å². The number of carbonyl (C=O) groups excluding carboxylic acids is 2. The number of hydrogen-bond donors (Lipinski definition) is 4. The fraction of sp³-hybridized carbons (Fsp3) is 0.934. The maximum atomic E-state index is 11.3. The third-order valence-corrected chi connectivity index (χ3v) is 30.6. The molecule has 14 aliphatic rings. The molecule has 1 unspecified atom stereocenters. The molecule has 598 valence electrons. The van der Waals surface area contributed by atoms with E-state index in [1.807, 2.05) is 6.92 Å². The summed E-state index contributed by atoms with van der Waals surface area (Å²) in [5.74, 6) is 2.88. The molecule has 0 aromatic carbocycles. The van der Waals surface area contributed by atoms with Gasteiger partial charge in [-0.3, -0.25) is 14.4 Å². The van der Waals surface area contributed by atoms with Gasteiger partial charge >= 0.3 is 95.1 Å². The molecule has 14 heteroatoms. The van der Waals surface area contributed by atoms with Crippen LogP contribution in [-0.2, 0) is 14.4 Å². The van der Waals surface area contributed by atoms with Crippen molar-refractivity contribution < 1.29 is 137 Å². The molecule has 7 spiro atoms. The zero-order valence-corrected chi connectivity index (χ0v) is 76.0. The Morgan fingerprint density at radius 3 is 0.962 bits per heavy atom. The zero-order chi connectivity index (χ0) is 70.7. The molecule has 0 radical (unpaired) electrons. The predicted molar refractivity (Wildman–Crippen MR) is 426 cm³/mol. The first-order valence-electron chi connectivity index (χ1n) is 43.3. The monoisotopic (exact) mass is 1520 g/mol. The van der Waals surface area contributed by atoms with Gasteiger partial charge in [0.1, 0.15) is 11.6 Å².